The van der Waals surface area contributed by atoms with Gasteiger partial charge >= 0.3 is 0 Å². The molecule has 0 aliphatic carbocycles. The Morgan fingerprint density at radius 3 is 2.81 bits per heavy atom. The summed E-state index contributed by atoms with van der Waals surface area (Å²) in [7, 11) is 1.63. The van der Waals surface area contributed by atoms with E-state index in [0.29, 0.717) is 10.7 Å². The van der Waals surface area contributed by atoms with Gasteiger partial charge in [0.2, 0.25) is 0 Å². The summed E-state index contributed by atoms with van der Waals surface area (Å²) in [5.41, 5.74) is 3.22. The number of carbonyl (C=O) groups excluding carboxylic acids is 1. The minimum Gasteiger partial charge on any atom is -0.497 e. The molecule has 0 atom stereocenters. The molecule has 26 heavy (non-hydrogen) atoms. The lowest BCUT2D eigenvalue weighted by Crippen LogP contribution is -2.09. The fourth-order valence-corrected chi connectivity index (χ4v) is 3.56. The van der Waals surface area contributed by atoms with Crippen molar-refractivity contribution in [2.75, 3.05) is 12.9 Å². The minimum atomic E-state index is -0.230. The Kier molecular flexibility index (Phi) is 5.27. The number of hydrogen-bond donors (Lipinski definition) is 1. The van der Waals surface area contributed by atoms with Crippen LogP contribution in [0.3, 0.4) is 0 Å². The quantitative estimate of drug-likeness (QED) is 0.410. The van der Waals surface area contributed by atoms with E-state index in [-0.39, 0.29) is 17.1 Å². The number of nitrogens with zero attached hydrogens (tertiary/aromatic N) is 2. The molecular formula is C19H19N3O3S. The van der Waals surface area contributed by atoms with Gasteiger partial charge in [-0.1, -0.05) is 17.8 Å². The summed E-state index contributed by atoms with van der Waals surface area (Å²) in [5, 5.41) is 0.437. The first-order valence-corrected chi connectivity index (χ1v) is 9.03. The molecule has 0 fully saturated rings. The van der Waals surface area contributed by atoms with Crippen molar-refractivity contribution < 1.29 is 9.53 Å². The van der Waals surface area contributed by atoms with Crippen molar-refractivity contribution in [2.24, 2.45) is 0 Å². The number of aromatic nitrogens is 3. The van der Waals surface area contributed by atoms with Crippen LogP contribution in [0, 0.1) is 13.8 Å². The molecule has 0 aliphatic heterocycles. The topological polar surface area (TPSA) is 77.0 Å². The summed E-state index contributed by atoms with van der Waals surface area (Å²) < 4.78 is 7.32. The molecule has 2 aromatic heterocycles. The van der Waals surface area contributed by atoms with Gasteiger partial charge in [0.15, 0.2) is 10.9 Å². The number of ether oxygens (including phenoxy) is 1. The molecular weight excluding hydrogens is 350 g/mol. The van der Waals surface area contributed by atoms with Gasteiger partial charge in [0, 0.05) is 41.0 Å². The first-order valence-electron chi connectivity index (χ1n) is 8.04. The first-order chi connectivity index (χ1) is 12.5. The number of aryl methyl sites for hydroxylation is 1. The number of H-pyrrole nitrogens is 1. The SMILES string of the molecule is COc1cccc(-n2c(C)cc(C(=O)CSc3nccc(=O)[nH]3)c2C)c1. The van der Waals surface area contributed by atoms with Gasteiger partial charge in [0.1, 0.15) is 5.75 Å². The van der Waals surface area contributed by atoms with E-state index in [1.807, 2.05) is 48.7 Å². The maximum atomic E-state index is 12.7. The van der Waals surface area contributed by atoms with E-state index in [9.17, 15) is 9.59 Å². The Hall–Kier alpha value is -2.80. The molecule has 2 heterocycles. The van der Waals surface area contributed by atoms with Crippen molar-refractivity contribution >= 4 is 17.5 Å². The molecule has 0 aliphatic rings. The Balaban J connectivity index is 1.84. The number of thioether (sulfide) groups is 1. The number of carbonyl (C=O) groups is 1. The summed E-state index contributed by atoms with van der Waals surface area (Å²) >= 11 is 1.22. The first kappa shape index (κ1) is 18.0. The maximum Gasteiger partial charge on any atom is 0.251 e. The van der Waals surface area contributed by atoms with Gasteiger partial charge in [0.05, 0.1) is 12.9 Å². The number of methoxy groups -OCH3 is 1. The van der Waals surface area contributed by atoms with Gasteiger partial charge in [-0.2, -0.15) is 0 Å². The molecule has 134 valence electrons. The number of benzene rings is 1. The lowest BCUT2D eigenvalue weighted by Gasteiger charge is -2.11. The monoisotopic (exact) mass is 369 g/mol. The van der Waals surface area contributed by atoms with Crippen LogP contribution in [0.4, 0.5) is 0 Å². The zero-order valence-corrected chi connectivity index (χ0v) is 15.6. The molecule has 3 rings (SSSR count). The van der Waals surface area contributed by atoms with Gasteiger partial charge in [0.25, 0.3) is 5.56 Å². The van der Waals surface area contributed by atoms with Crippen molar-refractivity contribution in [1.82, 2.24) is 14.5 Å². The Morgan fingerprint density at radius 1 is 1.27 bits per heavy atom. The van der Waals surface area contributed by atoms with Gasteiger partial charge in [-0.15, -0.1) is 0 Å². The second-order valence-electron chi connectivity index (χ2n) is 5.77. The highest BCUT2D eigenvalue weighted by Crippen LogP contribution is 2.25. The number of rotatable bonds is 6. The molecule has 0 spiro atoms. The van der Waals surface area contributed by atoms with E-state index in [0.717, 1.165) is 22.8 Å². The highest BCUT2D eigenvalue weighted by molar-refractivity contribution is 7.99. The second kappa shape index (κ2) is 7.61. The van der Waals surface area contributed by atoms with Crippen molar-refractivity contribution in [3.8, 4) is 11.4 Å². The normalized spacial score (nSPS) is 10.7. The van der Waals surface area contributed by atoms with Crippen LogP contribution in [0.15, 0.2) is 52.5 Å². The van der Waals surface area contributed by atoms with Crippen LogP contribution < -0.4 is 10.3 Å². The standard InChI is InChI=1S/C19H19N3O3S/c1-12-9-16(17(23)11-26-19-20-8-7-18(24)21-19)13(2)22(12)14-5-4-6-15(10-14)25-3/h4-10H,11H2,1-3H3,(H,20,21,24). The van der Waals surface area contributed by atoms with E-state index < -0.39 is 0 Å². The fourth-order valence-electron chi connectivity index (χ4n) is 2.83. The molecule has 1 aromatic carbocycles. The smallest absolute Gasteiger partial charge is 0.251 e. The van der Waals surface area contributed by atoms with Crippen molar-refractivity contribution in [2.45, 2.75) is 19.0 Å². The van der Waals surface area contributed by atoms with E-state index in [1.165, 1.54) is 24.0 Å². The van der Waals surface area contributed by atoms with Crippen LogP contribution in [0.5, 0.6) is 5.75 Å². The molecule has 3 aromatic rings. The minimum absolute atomic E-state index is 0.0104. The molecule has 0 amide bonds. The Morgan fingerprint density at radius 2 is 2.08 bits per heavy atom. The lowest BCUT2D eigenvalue weighted by molar-refractivity contribution is 0.102. The van der Waals surface area contributed by atoms with Crippen molar-refractivity contribution in [3.05, 3.63) is 69.9 Å². The number of hydrogen-bond acceptors (Lipinski definition) is 5. The lowest BCUT2D eigenvalue weighted by atomic mass is 10.2. The average Bonchev–Trinajstić information content (AvgIpc) is 2.94. The third-order valence-corrected chi connectivity index (χ3v) is 4.92. The maximum absolute atomic E-state index is 12.7. The van der Waals surface area contributed by atoms with Crippen LogP contribution in [0.2, 0.25) is 0 Å². The predicted molar refractivity (Wildman–Crippen MR) is 102 cm³/mol. The largest absolute Gasteiger partial charge is 0.497 e. The summed E-state index contributed by atoms with van der Waals surface area (Å²) in [6.07, 6.45) is 1.43. The predicted octanol–water partition coefficient (Wildman–Crippen LogP) is 3.16. The molecule has 0 unspecified atom stereocenters. The zero-order chi connectivity index (χ0) is 18.7. The summed E-state index contributed by atoms with van der Waals surface area (Å²) in [6, 6.07) is 10.9. The number of Topliss-reactive ketones (excluding diaryl/α,β-unsaturated/α-hetero) is 1. The number of nitrogens with one attached hydrogen (secondary N) is 1. The van der Waals surface area contributed by atoms with Gasteiger partial charge < -0.3 is 14.3 Å². The third-order valence-electron chi connectivity index (χ3n) is 4.03. The second-order valence-corrected chi connectivity index (χ2v) is 6.74. The average molecular weight is 369 g/mol. The van der Waals surface area contributed by atoms with Crippen LogP contribution in [0.25, 0.3) is 5.69 Å². The van der Waals surface area contributed by atoms with Gasteiger partial charge in [-0.3, -0.25) is 9.59 Å². The van der Waals surface area contributed by atoms with Gasteiger partial charge in [-0.25, -0.2) is 4.98 Å². The Bertz CT molecular complexity index is 1010. The summed E-state index contributed by atoms with van der Waals surface area (Å²) in [6.45, 7) is 3.89. The summed E-state index contributed by atoms with van der Waals surface area (Å²) in [5.74, 6) is 0.955. The molecule has 0 saturated carbocycles. The molecule has 1 N–H and O–H groups in total. The Labute approximate surface area is 155 Å². The molecule has 0 saturated heterocycles. The number of aromatic amines is 1. The van der Waals surface area contributed by atoms with Crippen LogP contribution >= 0.6 is 11.8 Å². The van der Waals surface area contributed by atoms with E-state index in [1.54, 1.807) is 7.11 Å². The summed E-state index contributed by atoms with van der Waals surface area (Å²) in [4.78, 5) is 30.6. The molecule has 6 nitrogen and oxygen atoms in total. The molecule has 0 radical (unpaired) electrons. The van der Waals surface area contributed by atoms with Crippen molar-refractivity contribution in [1.29, 1.82) is 0 Å². The zero-order valence-electron chi connectivity index (χ0n) is 14.8. The van der Waals surface area contributed by atoms with Crippen molar-refractivity contribution in [3.63, 3.8) is 0 Å². The molecule has 0 bridgehead atoms. The van der Waals surface area contributed by atoms with E-state index >= 15 is 0 Å². The van der Waals surface area contributed by atoms with E-state index in [4.69, 9.17) is 4.74 Å². The fraction of sp³-hybridized carbons (Fsp3) is 0.211. The highest BCUT2D eigenvalue weighted by Gasteiger charge is 2.17. The number of ketones is 1. The molecule has 7 heteroatoms. The van der Waals surface area contributed by atoms with Gasteiger partial charge in [-0.05, 0) is 32.0 Å². The van der Waals surface area contributed by atoms with Crippen LogP contribution in [0.1, 0.15) is 21.7 Å². The van der Waals surface area contributed by atoms with E-state index in [2.05, 4.69) is 9.97 Å². The third kappa shape index (κ3) is 3.72. The highest BCUT2D eigenvalue weighted by atomic mass is 32.2. The van der Waals surface area contributed by atoms with Crippen LogP contribution in [-0.2, 0) is 0 Å². The van der Waals surface area contributed by atoms with Crippen LogP contribution in [-0.4, -0.2) is 33.2 Å².